The second-order valence-electron chi connectivity index (χ2n) is 6.21. The summed E-state index contributed by atoms with van der Waals surface area (Å²) >= 11 is 0. The summed E-state index contributed by atoms with van der Waals surface area (Å²) in [5, 5.41) is 2.66. The van der Waals surface area contributed by atoms with Crippen molar-refractivity contribution in [3.63, 3.8) is 0 Å². The molecule has 22 heavy (non-hydrogen) atoms. The molecule has 0 aliphatic heterocycles. The quantitative estimate of drug-likeness (QED) is 0.589. The van der Waals surface area contributed by atoms with Crippen molar-refractivity contribution < 1.29 is 4.57 Å². The van der Waals surface area contributed by atoms with Crippen molar-refractivity contribution in [2.24, 2.45) is 0 Å². The maximum atomic E-state index is 2.65. The molecule has 0 saturated heterocycles. The molecule has 1 aromatic carbocycles. The molecule has 2 heteroatoms. The molecular weight excluding hydrogens is 268 g/mol. The number of rotatable bonds is 10. The zero-order valence-corrected chi connectivity index (χ0v) is 14.3. The van der Waals surface area contributed by atoms with E-state index in [1.54, 1.807) is 0 Å². The Morgan fingerprint density at radius 1 is 0.818 bits per heavy atom. The van der Waals surface area contributed by atoms with Gasteiger partial charge in [0.1, 0.15) is 6.54 Å². The van der Waals surface area contributed by atoms with Crippen LogP contribution in [0.4, 0.5) is 0 Å². The van der Waals surface area contributed by atoms with E-state index in [1.807, 2.05) is 0 Å². The molecule has 0 radical (unpaired) electrons. The summed E-state index contributed by atoms with van der Waals surface area (Å²) in [7, 11) is 0. The lowest BCUT2D eigenvalue weighted by Gasteiger charge is -2.21. The summed E-state index contributed by atoms with van der Waals surface area (Å²) in [6.07, 6.45) is 11.0. The number of fused-ring (bicyclic) bond motifs is 1. The first kappa shape index (κ1) is 17.0. The van der Waals surface area contributed by atoms with Crippen LogP contribution in [0.5, 0.6) is 0 Å². The van der Waals surface area contributed by atoms with E-state index in [2.05, 4.69) is 66.0 Å². The average molecular weight is 299 g/mol. The molecule has 1 heterocycles. The smallest absolute Gasteiger partial charge is 0.176 e. The van der Waals surface area contributed by atoms with E-state index in [1.165, 1.54) is 62.5 Å². The van der Waals surface area contributed by atoms with Crippen molar-refractivity contribution in [1.82, 2.24) is 4.90 Å². The fourth-order valence-corrected chi connectivity index (χ4v) is 2.89. The van der Waals surface area contributed by atoms with Crippen LogP contribution in [0.25, 0.3) is 10.8 Å². The van der Waals surface area contributed by atoms with Crippen LogP contribution in [0.2, 0.25) is 0 Å². The molecule has 0 aliphatic rings. The highest BCUT2D eigenvalue weighted by molar-refractivity contribution is 5.80. The van der Waals surface area contributed by atoms with Crippen LogP contribution in [-0.4, -0.2) is 24.5 Å². The summed E-state index contributed by atoms with van der Waals surface area (Å²) in [6, 6.07) is 10.8. The molecule has 2 rings (SSSR count). The van der Waals surface area contributed by atoms with E-state index < -0.39 is 0 Å². The highest BCUT2D eigenvalue weighted by Gasteiger charge is 2.07. The lowest BCUT2D eigenvalue weighted by molar-refractivity contribution is -0.696. The van der Waals surface area contributed by atoms with Gasteiger partial charge in [-0.2, -0.15) is 0 Å². The lowest BCUT2D eigenvalue weighted by Crippen LogP contribution is -2.36. The van der Waals surface area contributed by atoms with Crippen LogP contribution < -0.4 is 4.57 Å². The Hall–Kier alpha value is -1.41. The number of aryl methyl sites for hydroxylation is 1. The second-order valence-corrected chi connectivity index (χ2v) is 6.21. The first-order valence-corrected chi connectivity index (χ1v) is 8.93. The Kier molecular flexibility index (Phi) is 7.38. The van der Waals surface area contributed by atoms with Crippen LogP contribution in [0.3, 0.4) is 0 Å². The normalized spacial score (nSPS) is 11.4. The summed E-state index contributed by atoms with van der Waals surface area (Å²) in [6.45, 7) is 9.42. The monoisotopic (exact) mass is 299 g/mol. The molecule has 0 amide bonds. The first-order valence-electron chi connectivity index (χ1n) is 8.93. The highest BCUT2D eigenvalue weighted by Crippen LogP contribution is 2.09. The maximum Gasteiger partial charge on any atom is 0.176 e. The molecule has 0 atom stereocenters. The van der Waals surface area contributed by atoms with Crippen molar-refractivity contribution in [3.05, 3.63) is 42.7 Å². The van der Waals surface area contributed by atoms with Gasteiger partial charge in [-0.15, -0.1) is 0 Å². The Labute approximate surface area is 135 Å². The fourth-order valence-electron chi connectivity index (χ4n) is 2.89. The van der Waals surface area contributed by atoms with Crippen molar-refractivity contribution in [3.8, 4) is 0 Å². The van der Waals surface area contributed by atoms with Gasteiger partial charge in [-0.1, -0.05) is 44.9 Å². The standard InChI is InChI=1S/C20H31N2/c1-3-5-13-21(14-6-4-2)15-9-16-22-17-12-19-10-7-8-11-20(19)18-22/h7-8,10-12,17-18H,3-6,9,13-16H2,1-2H3/q+1. The zero-order valence-electron chi connectivity index (χ0n) is 14.3. The van der Waals surface area contributed by atoms with E-state index in [9.17, 15) is 0 Å². The number of aromatic nitrogens is 1. The van der Waals surface area contributed by atoms with Gasteiger partial charge >= 0.3 is 0 Å². The topological polar surface area (TPSA) is 7.12 Å². The van der Waals surface area contributed by atoms with Gasteiger partial charge in [-0.25, -0.2) is 4.57 Å². The van der Waals surface area contributed by atoms with Crippen LogP contribution in [0.15, 0.2) is 42.7 Å². The van der Waals surface area contributed by atoms with Gasteiger partial charge in [-0.3, -0.25) is 0 Å². The molecule has 0 fully saturated rings. The molecule has 0 N–H and O–H groups in total. The summed E-state index contributed by atoms with van der Waals surface area (Å²) < 4.78 is 2.33. The highest BCUT2D eigenvalue weighted by atomic mass is 15.1. The van der Waals surface area contributed by atoms with Gasteiger partial charge in [0.2, 0.25) is 0 Å². The molecule has 0 unspecified atom stereocenters. The van der Waals surface area contributed by atoms with Crippen LogP contribution >= 0.6 is 0 Å². The first-order chi connectivity index (χ1) is 10.8. The van der Waals surface area contributed by atoms with Gasteiger partial charge in [0, 0.05) is 24.4 Å². The largest absolute Gasteiger partial charge is 0.303 e. The Morgan fingerprint density at radius 2 is 1.45 bits per heavy atom. The number of benzene rings is 1. The predicted octanol–water partition coefficient (Wildman–Crippen LogP) is 4.42. The molecule has 2 nitrogen and oxygen atoms in total. The maximum absolute atomic E-state index is 2.65. The third-order valence-corrected chi connectivity index (χ3v) is 4.29. The van der Waals surface area contributed by atoms with Gasteiger partial charge in [0.05, 0.1) is 0 Å². The van der Waals surface area contributed by atoms with Crippen molar-refractivity contribution in [1.29, 1.82) is 0 Å². The number of hydrogen-bond acceptors (Lipinski definition) is 1. The predicted molar refractivity (Wildman–Crippen MR) is 95.0 cm³/mol. The van der Waals surface area contributed by atoms with E-state index in [0.29, 0.717) is 0 Å². The van der Waals surface area contributed by atoms with Crippen LogP contribution in [0.1, 0.15) is 46.0 Å². The minimum absolute atomic E-state index is 1.11. The lowest BCUT2D eigenvalue weighted by atomic mass is 10.2. The van der Waals surface area contributed by atoms with Crippen molar-refractivity contribution in [2.75, 3.05) is 19.6 Å². The SMILES string of the molecule is CCCCN(CCCC)CCC[n+]1ccc2ccccc2c1. The molecule has 0 spiro atoms. The van der Waals surface area contributed by atoms with Gasteiger partial charge in [0.15, 0.2) is 12.4 Å². The van der Waals surface area contributed by atoms with Gasteiger partial charge in [0.25, 0.3) is 0 Å². The molecule has 1 aromatic heterocycles. The van der Waals surface area contributed by atoms with Gasteiger partial charge < -0.3 is 4.90 Å². The summed E-state index contributed by atoms with van der Waals surface area (Å²) in [5.41, 5.74) is 0. The van der Waals surface area contributed by atoms with Crippen molar-refractivity contribution >= 4 is 10.8 Å². The van der Waals surface area contributed by atoms with Crippen LogP contribution in [0, 0.1) is 0 Å². The number of pyridine rings is 1. The number of hydrogen-bond donors (Lipinski definition) is 0. The van der Waals surface area contributed by atoms with E-state index >= 15 is 0 Å². The minimum atomic E-state index is 1.11. The van der Waals surface area contributed by atoms with Crippen LogP contribution in [-0.2, 0) is 6.54 Å². The molecule has 0 aliphatic carbocycles. The molecule has 120 valence electrons. The molecule has 0 bridgehead atoms. The third kappa shape index (κ3) is 5.42. The average Bonchev–Trinajstić information content (AvgIpc) is 2.56. The van der Waals surface area contributed by atoms with E-state index in [-0.39, 0.29) is 0 Å². The minimum Gasteiger partial charge on any atom is -0.303 e. The van der Waals surface area contributed by atoms with E-state index in [4.69, 9.17) is 0 Å². The number of unbranched alkanes of at least 4 members (excludes halogenated alkanes) is 2. The molecule has 2 aromatic rings. The fraction of sp³-hybridized carbons (Fsp3) is 0.550. The number of nitrogens with zero attached hydrogens (tertiary/aromatic N) is 2. The summed E-state index contributed by atoms with van der Waals surface area (Å²) in [4.78, 5) is 2.65. The zero-order chi connectivity index (χ0) is 15.6. The van der Waals surface area contributed by atoms with Gasteiger partial charge in [-0.05, 0) is 37.4 Å². The Bertz CT molecular complexity index is 542. The Balaban J connectivity index is 1.83. The Morgan fingerprint density at radius 3 is 2.14 bits per heavy atom. The third-order valence-electron chi connectivity index (χ3n) is 4.29. The van der Waals surface area contributed by atoms with Crippen molar-refractivity contribution in [2.45, 2.75) is 52.5 Å². The molecule has 0 saturated carbocycles. The molecular formula is C20H31N2+. The summed E-state index contributed by atoms with van der Waals surface area (Å²) in [5.74, 6) is 0. The van der Waals surface area contributed by atoms with E-state index in [0.717, 1.165) is 6.54 Å². The second kappa shape index (κ2) is 9.58.